The molecule has 1 N–H and O–H groups in total. The zero-order chi connectivity index (χ0) is 14.1. The van der Waals surface area contributed by atoms with E-state index in [1.807, 2.05) is 60.0 Å². The number of aliphatic hydroxyl groups excluding tert-OH is 1. The highest BCUT2D eigenvalue weighted by molar-refractivity contribution is 6.30. The van der Waals surface area contributed by atoms with Crippen molar-refractivity contribution in [1.29, 1.82) is 0 Å². The average molecular weight is 287 g/mol. The van der Waals surface area contributed by atoms with Gasteiger partial charge in [-0.2, -0.15) is 0 Å². The van der Waals surface area contributed by atoms with Gasteiger partial charge in [-0.05, 0) is 30.7 Å². The first-order valence-corrected chi connectivity index (χ1v) is 6.99. The van der Waals surface area contributed by atoms with Gasteiger partial charge < -0.3 is 9.51 Å². The van der Waals surface area contributed by atoms with Crippen molar-refractivity contribution in [2.75, 3.05) is 0 Å². The summed E-state index contributed by atoms with van der Waals surface area (Å²) in [6, 6.07) is 13.3. The molecule has 0 radical (unpaired) electrons. The molecule has 0 spiro atoms. The van der Waals surface area contributed by atoms with E-state index in [-0.39, 0.29) is 0 Å². The highest BCUT2D eigenvalue weighted by atomic mass is 35.5. The molecule has 1 aromatic carbocycles. The molecular weight excluding hydrogens is 272 g/mol. The van der Waals surface area contributed by atoms with Crippen molar-refractivity contribution < 1.29 is 5.11 Å². The lowest BCUT2D eigenvalue weighted by Crippen LogP contribution is -2.02. The van der Waals surface area contributed by atoms with Crippen molar-refractivity contribution in [1.82, 2.24) is 9.38 Å². The van der Waals surface area contributed by atoms with E-state index in [9.17, 15) is 5.11 Å². The van der Waals surface area contributed by atoms with Gasteiger partial charge in [0.05, 0.1) is 17.5 Å². The van der Waals surface area contributed by atoms with Gasteiger partial charge in [0.1, 0.15) is 5.65 Å². The Morgan fingerprint density at radius 2 is 1.95 bits per heavy atom. The molecule has 2 heterocycles. The Bertz CT molecular complexity index is 734. The summed E-state index contributed by atoms with van der Waals surface area (Å²) in [5.41, 5.74) is 3.42. The number of imidazole rings is 1. The predicted octanol–water partition coefficient (Wildman–Crippen LogP) is 4.10. The summed E-state index contributed by atoms with van der Waals surface area (Å²) in [6.07, 6.45) is 2.03. The van der Waals surface area contributed by atoms with Crippen LogP contribution in [-0.2, 0) is 0 Å². The van der Waals surface area contributed by atoms with Crippen LogP contribution < -0.4 is 0 Å². The molecule has 1 atom stereocenters. The van der Waals surface area contributed by atoms with Crippen LogP contribution in [-0.4, -0.2) is 14.5 Å². The number of fused-ring (bicyclic) bond motifs is 1. The second-order valence-corrected chi connectivity index (χ2v) is 5.14. The highest BCUT2D eigenvalue weighted by Crippen LogP contribution is 2.31. The molecule has 3 aromatic rings. The maximum Gasteiger partial charge on any atom is 0.137 e. The molecule has 4 heteroatoms. The van der Waals surface area contributed by atoms with E-state index in [2.05, 4.69) is 4.98 Å². The molecule has 0 aliphatic heterocycles. The first-order valence-electron chi connectivity index (χ1n) is 6.61. The third-order valence-corrected chi connectivity index (χ3v) is 3.64. The van der Waals surface area contributed by atoms with Crippen molar-refractivity contribution >= 4 is 17.2 Å². The zero-order valence-corrected chi connectivity index (χ0v) is 11.9. The van der Waals surface area contributed by atoms with E-state index in [0.717, 1.165) is 22.6 Å². The molecule has 0 aliphatic rings. The van der Waals surface area contributed by atoms with Crippen LogP contribution in [0.2, 0.25) is 5.02 Å². The summed E-state index contributed by atoms with van der Waals surface area (Å²) in [5, 5.41) is 11.0. The molecule has 0 bridgehead atoms. The van der Waals surface area contributed by atoms with Crippen LogP contribution in [0.5, 0.6) is 0 Å². The lowest BCUT2D eigenvalue weighted by atomic mass is 10.1. The lowest BCUT2D eigenvalue weighted by Gasteiger charge is -2.10. The quantitative estimate of drug-likeness (QED) is 0.787. The lowest BCUT2D eigenvalue weighted by molar-refractivity contribution is 0.168. The number of hydrogen-bond donors (Lipinski definition) is 1. The van der Waals surface area contributed by atoms with Gasteiger partial charge in [0.15, 0.2) is 0 Å². The maximum atomic E-state index is 10.3. The normalized spacial score (nSPS) is 12.8. The Morgan fingerprint density at radius 1 is 1.20 bits per heavy atom. The molecule has 2 aromatic heterocycles. The SMILES string of the molecule is CCC(O)c1c(-c2ccc(Cl)cc2)nc2ccccn12. The summed E-state index contributed by atoms with van der Waals surface area (Å²) >= 11 is 5.93. The van der Waals surface area contributed by atoms with Gasteiger partial charge in [-0.15, -0.1) is 0 Å². The largest absolute Gasteiger partial charge is 0.387 e. The Balaban J connectivity index is 2.26. The second-order valence-electron chi connectivity index (χ2n) is 4.71. The third kappa shape index (κ3) is 2.19. The predicted molar refractivity (Wildman–Crippen MR) is 80.9 cm³/mol. The van der Waals surface area contributed by atoms with Crippen LogP contribution in [0, 0.1) is 0 Å². The van der Waals surface area contributed by atoms with Crippen LogP contribution in [0.3, 0.4) is 0 Å². The van der Waals surface area contributed by atoms with Gasteiger partial charge in [0.2, 0.25) is 0 Å². The van der Waals surface area contributed by atoms with Crippen molar-refractivity contribution in [2.24, 2.45) is 0 Å². The van der Waals surface area contributed by atoms with Gasteiger partial charge >= 0.3 is 0 Å². The Kier molecular flexibility index (Phi) is 3.47. The van der Waals surface area contributed by atoms with Gasteiger partial charge in [-0.3, -0.25) is 0 Å². The van der Waals surface area contributed by atoms with E-state index in [4.69, 9.17) is 11.6 Å². The van der Waals surface area contributed by atoms with E-state index in [0.29, 0.717) is 11.4 Å². The minimum Gasteiger partial charge on any atom is -0.387 e. The number of halogens is 1. The van der Waals surface area contributed by atoms with Gasteiger partial charge in [-0.25, -0.2) is 4.98 Å². The third-order valence-electron chi connectivity index (χ3n) is 3.39. The van der Waals surface area contributed by atoms with Crippen LogP contribution in [0.1, 0.15) is 25.1 Å². The zero-order valence-electron chi connectivity index (χ0n) is 11.1. The van der Waals surface area contributed by atoms with Crippen molar-refractivity contribution in [2.45, 2.75) is 19.4 Å². The fourth-order valence-electron chi connectivity index (χ4n) is 2.35. The van der Waals surface area contributed by atoms with E-state index >= 15 is 0 Å². The molecule has 0 fully saturated rings. The number of aliphatic hydroxyl groups is 1. The number of rotatable bonds is 3. The molecule has 0 amide bonds. The Hall–Kier alpha value is -1.84. The number of pyridine rings is 1. The van der Waals surface area contributed by atoms with Gasteiger partial charge in [0.25, 0.3) is 0 Å². The molecule has 1 unspecified atom stereocenters. The van der Waals surface area contributed by atoms with Crippen LogP contribution in [0.25, 0.3) is 16.9 Å². The molecule has 0 saturated carbocycles. The molecule has 3 nitrogen and oxygen atoms in total. The van der Waals surface area contributed by atoms with Gasteiger partial charge in [-0.1, -0.05) is 36.7 Å². The number of hydrogen-bond acceptors (Lipinski definition) is 2. The summed E-state index contributed by atoms with van der Waals surface area (Å²) in [5.74, 6) is 0. The van der Waals surface area contributed by atoms with Gasteiger partial charge in [0, 0.05) is 16.8 Å². The summed E-state index contributed by atoms with van der Waals surface area (Å²) in [4.78, 5) is 4.64. The van der Waals surface area contributed by atoms with Crippen molar-refractivity contribution in [3.8, 4) is 11.3 Å². The summed E-state index contributed by atoms with van der Waals surface area (Å²) < 4.78 is 1.94. The molecule has 3 rings (SSSR count). The smallest absolute Gasteiger partial charge is 0.137 e. The second kappa shape index (κ2) is 5.27. The van der Waals surface area contributed by atoms with Crippen LogP contribution in [0.15, 0.2) is 48.7 Å². The standard InChI is InChI=1S/C16H15ClN2O/c1-2-13(20)16-15(11-6-8-12(17)9-7-11)18-14-5-3-4-10-19(14)16/h3-10,13,20H,2H2,1H3. The van der Waals surface area contributed by atoms with Crippen LogP contribution >= 0.6 is 11.6 Å². The maximum absolute atomic E-state index is 10.3. The topological polar surface area (TPSA) is 37.5 Å². The van der Waals surface area contributed by atoms with Crippen LogP contribution in [0.4, 0.5) is 0 Å². The molecule has 0 saturated heterocycles. The summed E-state index contributed by atoms with van der Waals surface area (Å²) in [7, 11) is 0. The average Bonchev–Trinajstić information content (AvgIpc) is 2.86. The Morgan fingerprint density at radius 3 is 2.65 bits per heavy atom. The molecular formula is C16H15ClN2O. The molecule has 20 heavy (non-hydrogen) atoms. The fraction of sp³-hybridized carbons (Fsp3) is 0.188. The highest BCUT2D eigenvalue weighted by Gasteiger charge is 2.19. The van der Waals surface area contributed by atoms with Crippen molar-refractivity contribution in [3.05, 3.63) is 59.4 Å². The van der Waals surface area contributed by atoms with E-state index in [1.54, 1.807) is 0 Å². The first kappa shape index (κ1) is 13.2. The van der Waals surface area contributed by atoms with Crippen molar-refractivity contribution in [3.63, 3.8) is 0 Å². The first-order chi connectivity index (χ1) is 9.70. The minimum atomic E-state index is -0.543. The number of benzene rings is 1. The Labute approximate surface area is 122 Å². The summed E-state index contributed by atoms with van der Waals surface area (Å²) in [6.45, 7) is 1.96. The monoisotopic (exact) mass is 286 g/mol. The van der Waals surface area contributed by atoms with E-state index in [1.165, 1.54) is 0 Å². The number of aromatic nitrogens is 2. The minimum absolute atomic E-state index is 0.543. The van der Waals surface area contributed by atoms with E-state index < -0.39 is 6.10 Å². The molecule has 102 valence electrons. The fourth-order valence-corrected chi connectivity index (χ4v) is 2.47. The number of nitrogens with zero attached hydrogens (tertiary/aromatic N) is 2. The molecule has 0 aliphatic carbocycles.